The van der Waals surface area contributed by atoms with Crippen molar-refractivity contribution in [2.24, 2.45) is 0 Å². The normalized spacial score (nSPS) is 12.1. The maximum atomic E-state index is 13.0. The summed E-state index contributed by atoms with van der Waals surface area (Å²) < 4.78 is 31.1. The third kappa shape index (κ3) is 4.66. The van der Waals surface area contributed by atoms with E-state index in [9.17, 15) is 8.42 Å². The van der Waals surface area contributed by atoms with Crippen LogP contribution in [-0.4, -0.2) is 29.5 Å². The van der Waals surface area contributed by atoms with Gasteiger partial charge in [0, 0.05) is 30.3 Å². The number of unbranched alkanes of at least 4 members (excludes halogenated alkanes) is 2. The van der Waals surface area contributed by atoms with Gasteiger partial charge in [0.1, 0.15) is 11.3 Å². The molecular formula is C28H31N5O2S. The Morgan fingerprint density at radius 2 is 1.64 bits per heavy atom. The summed E-state index contributed by atoms with van der Waals surface area (Å²) in [7, 11) is -3.60. The number of nitrogens with zero attached hydrogens (tertiary/aromatic N) is 3. The fourth-order valence-electron chi connectivity index (χ4n) is 4.78. The van der Waals surface area contributed by atoms with Crippen LogP contribution < -0.4 is 10.5 Å². The van der Waals surface area contributed by atoms with Crippen LogP contribution in [0.3, 0.4) is 0 Å². The van der Waals surface area contributed by atoms with Crippen molar-refractivity contribution in [1.82, 2.24) is 19.3 Å². The summed E-state index contributed by atoms with van der Waals surface area (Å²) in [5, 5.41) is 2.68. The average Bonchev–Trinajstić information content (AvgIpc) is 3.26. The van der Waals surface area contributed by atoms with Crippen molar-refractivity contribution in [2.45, 2.75) is 50.5 Å². The molecule has 0 atom stereocenters. The molecule has 0 radical (unpaired) electrons. The Balaban J connectivity index is 1.34. The Kier molecular flexibility index (Phi) is 6.89. The predicted molar refractivity (Wildman–Crippen MR) is 146 cm³/mol. The van der Waals surface area contributed by atoms with Crippen molar-refractivity contribution >= 4 is 48.5 Å². The molecule has 3 N–H and O–H groups in total. The SMILES string of the molecule is CCCCc1nc2c(N)nc3ccccc3c2n1CCCCNS(=O)(=O)c1cccc2ccccc12. The lowest BCUT2D eigenvalue weighted by molar-refractivity contribution is 0.562. The summed E-state index contributed by atoms with van der Waals surface area (Å²) in [6.45, 7) is 3.27. The maximum absolute atomic E-state index is 13.0. The summed E-state index contributed by atoms with van der Waals surface area (Å²) >= 11 is 0. The van der Waals surface area contributed by atoms with Crippen LogP contribution in [0, 0.1) is 0 Å². The van der Waals surface area contributed by atoms with Gasteiger partial charge >= 0.3 is 0 Å². The molecule has 36 heavy (non-hydrogen) atoms. The Morgan fingerprint density at radius 1 is 0.889 bits per heavy atom. The molecule has 2 aromatic heterocycles. The van der Waals surface area contributed by atoms with Gasteiger partial charge in [-0.25, -0.2) is 23.1 Å². The van der Waals surface area contributed by atoms with Crippen LogP contribution in [0.1, 0.15) is 38.4 Å². The van der Waals surface area contributed by atoms with Crippen molar-refractivity contribution in [3.63, 3.8) is 0 Å². The summed E-state index contributed by atoms with van der Waals surface area (Å²) in [4.78, 5) is 9.74. The third-order valence-corrected chi connectivity index (χ3v) is 8.10. The van der Waals surface area contributed by atoms with Crippen LogP contribution in [0.2, 0.25) is 0 Å². The lowest BCUT2D eigenvalue weighted by Crippen LogP contribution is -2.25. The minimum absolute atomic E-state index is 0.317. The first-order valence-corrected chi connectivity index (χ1v) is 14.0. The van der Waals surface area contributed by atoms with E-state index in [0.29, 0.717) is 23.7 Å². The molecule has 0 amide bonds. The molecule has 0 aliphatic heterocycles. The van der Waals surface area contributed by atoms with E-state index in [1.54, 1.807) is 12.1 Å². The molecule has 8 heteroatoms. The number of nitrogens with two attached hydrogens (primary N) is 1. The van der Waals surface area contributed by atoms with Gasteiger partial charge in [-0.15, -0.1) is 0 Å². The highest BCUT2D eigenvalue weighted by Gasteiger charge is 2.18. The highest BCUT2D eigenvalue weighted by molar-refractivity contribution is 7.89. The minimum atomic E-state index is -3.60. The van der Waals surface area contributed by atoms with Crippen molar-refractivity contribution < 1.29 is 8.42 Å². The lowest BCUT2D eigenvalue weighted by Gasteiger charge is -2.12. The van der Waals surface area contributed by atoms with Crippen LogP contribution in [0.15, 0.2) is 71.6 Å². The van der Waals surface area contributed by atoms with Gasteiger partial charge in [0.25, 0.3) is 0 Å². The first kappa shape index (κ1) is 24.2. The summed E-state index contributed by atoms with van der Waals surface area (Å²) in [5.74, 6) is 1.45. The minimum Gasteiger partial charge on any atom is -0.382 e. The van der Waals surface area contributed by atoms with Crippen LogP contribution in [-0.2, 0) is 23.0 Å². The van der Waals surface area contributed by atoms with E-state index in [0.717, 1.165) is 70.8 Å². The van der Waals surface area contributed by atoms with Gasteiger partial charge in [0.15, 0.2) is 5.82 Å². The van der Waals surface area contributed by atoms with Gasteiger partial charge < -0.3 is 10.3 Å². The smallest absolute Gasteiger partial charge is 0.241 e. The maximum Gasteiger partial charge on any atom is 0.241 e. The van der Waals surface area contributed by atoms with E-state index >= 15 is 0 Å². The molecule has 0 aliphatic carbocycles. The van der Waals surface area contributed by atoms with Crippen LogP contribution >= 0.6 is 0 Å². The van der Waals surface area contributed by atoms with Crippen molar-refractivity contribution in [3.8, 4) is 0 Å². The molecule has 0 saturated heterocycles. The van der Waals surface area contributed by atoms with Crippen LogP contribution in [0.25, 0.3) is 32.7 Å². The highest BCUT2D eigenvalue weighted by Crippen LogP contribution is 2.29. The number of sulfonamides is 1. The number of hydrogen-bond acceptors (Lipinski definition) is 5. The number of imidazole rings is 1. The second-order valence-electron chi connectivity index (χ2n) is 9.08. The lowest BCUT2D eigenvalue weighted by atomic mass is 10.1. The molecule has 7 nitrogen and oxygen atoms in total. The molecular weight excluding hydrogens is 470 g/mol. The largest absolute Gasteiger partial charge is 0.382 e. The van der Waals surface area contributed by atoms with Crippen molar-refractivity contribution in [1.29, 1.82) is 0 Å². The number of anilines is 1. The van der Waals surface area contributed by atoms with E-state index in [1.165, 1.54) is 0 Å². The van der Waals surface area contributed by atoms with E-state index < -0.39 is 10.0 Å². The molecule has 5 rings (SSSR count). The van der Waals surface area contributed by atoms with Gasteiger partial charge in [-0.1, -0.05) is 67.9 Å². The number of nitrogens with one attached hydrogen (secondary N) is 1. The molecule has 5 aromatic rings. The van der Waals surface area contributed by atoms with Gasteiger partial charge in [0.2, 0.25) is 10.0 Å². The second kappa shape index (κ2) is 10.2. The van der Waals surface area contributed by atoms with Gasteiger partial charge in [-0.3, -0.25) is 0 Å². The zero-order chi connectivity index (χ0) is 25.1. The summed E-state index contributed by atoms with van der Waals surface area (Å²) in [6.07, 6.45) is 4.49. The summed E-state index contributed by atoms with van der Waals surface area (Å²) in [5.41, 5.74) is 8.90. The van der Waals surface area contributed by atoms with Crippen LogP contribution in [0.4, 0.5) is 5.82 Å². The number of fused-ring (bicyclic) bond motifs is 4. The molecule has 186 valence electrons. The third-order valence-electron chi connectivity index (χ3n) is 6.58. The van der Waals surface area contributed by atoms with E-state index in [1.807, 2.05) is 48.5 Å². The Hall–Kier alpha value is -3.49. The molecule has 3 aromatic carbocycles. The van der Waals surface area contributed by atoms with Crippen LogP contribution in [0.5, 0.6) is 0 Å². The number of nitrogen functional groups attached to an aromatic ring is 1. The molecule has 0 spiro atoms. The van der Waals surface area contributed by atoms with E-state index in [4.69, 9.17) is 10.7 Å². The predicted octanol–water partition coefficient (Wildman–Crippen LogP) is 5.42. The van der Waals surface area contributed by atoms with Gasteiger partial charge in [-0.05, 0) is 36.8 Å². The van der Waals surface area contributed by atoms with E-state index in [-0.39, 0.29) is 0 Å². The molecule has 0 unspecified atom stereocenters. The highest BCUT2D eigenvalue weighted by atomic mass is 32.2. The quantitative estimate of drug-likeness (QED) is 0.249. The Labute approximate surface area is 211 Å². The number of pyridine rings is 1. The zero-order valence-corrected chi connectivity index (χ0v) is 21.3. The molecule has 0 fully saturated rings. The summed E-state index contributed by atoms with van der Waals surface area (Å²) in [6, 6.07) is 20.9. The number of hydrogen-bond donors (Lipinski definition) is 2. The number of rotatable bonds is 10. The molecule has 2 heterocycles. The van der Waals surface area contributed by atoms with E-state index in [2.05, 4.69) is 27.3 Å². The fourth-order valence-corrected chi connectivity index (χ4v) is 6.08. The molecule has 0 aliphatic rings. The number of para-hydroxylation sites is 1. The zero-order valence-electron chi connectivity index (χ0n) is 20.4. The number of benzene rings is 3. The molecule has 0 saturated carbocycles. The topological polar surface area (TPSA) is 103 Å². The standard InChI is InChI=1S/C28H31N5O2S/c1-2-3-17-25-32-26-27(22-14-6-7-15-23(22)31-28(26)29)33(25)19-9-8-18-30-36(34,35)24-16-10-12-20-11-4-5-13-21(20)24/h4-7,10-16,30H,2-3,8-9,17-19H2,1H3,(H2,29,31). The first-order chi connectivity index (χ1) is 17.5. The Bertz CT molecular complexity index is 1640. The van der Waals surface area contributed by atoms with Gasteiger partial charge in [0.05, 0.1) is 15.9 Å². The fraction of sp³-hybridized carbons (Fsp3) is 0.286. The van der Waals surface area contributed by atoms with Crippen molar-refractivity contribution in [3.05, 3.63) is 72.6 Å². The average molecular weight is 502 g/mol. The Morgan fingerprint density at radius 3 is 2.47 bits per heavy atom. The number of aryl methyl sites for hydroxylation is 2. The number of aromatic nitrogens is 3. The monoisotopic (exact) mass is 501 g/mol. The second-order valence-corrected chi connectivity index (χ2v) is 10.8. The van der Waals surface area contributed by atoms with Gasteiger partial charge in [-0.2, -0.15) is 0 Å². The van der Waals surface area contributed by atoms with Crippen molar-refractivity contribution in [2.75, 3.05) is 12.3 Å². The first-order valence-electron chi connectivity index (χ1n) is 12.5. The molecule has 0 bridgehead atoms.